The summed E-state index contributed by atoms with van der Waals surface area (Å²) >= 11 is 0. The van der Waals surface area contributed by atoms with Gasteiger partial charge in [-0.05, 0) is 32.6 Å². The van der Waals surface area contributed by atoms with Gasteiger partial charge in [0.15, 0.2) is 0 Å². The molecule has 0 spiro atoms. The van der Waals surface area contributed by atoms with E-state index in [9.17, 15) is 8.42 Å². The number of nitrogens with zero attached hydrogens (tertiary/aromatic N) is 2. The molecule has 2 unspecified atom stereocenters. The smallest absolute Gasteiger partial charge is 0.247 e. The van der Waals surface area contributed by atoms with Crippen LogP contribution < -0.4 is 5.73 Å². The summed E-state index contributed by atoms with van der Waals surface area (Å²) in [6.07, 6.45) is 1.71. The van der Waals surface area contributed by atoms with E-state index in [1.165, 1.54) is 0 Å². The van der Waals surface area contributed by atoms with E-state index in [1.807, 2.05) is 0 Å². The molecule has 2 heterocycles. The van der Waals surface area contributed by atoms with Gasteiger partial charge in [0.1, 0.15) is 4.90 Å². The molecule has 3 N–H and O–H groups in total. The predicted molar refractivity (Wildman–Crippen MR) is 80.4 cm³/mol. The Bertz CT molecular complexity index is 538. The van der Waals surface area contributed by atoms with Crippen LogP contribution in [0.5, 0.6) is 0 Å². The number of hydrogen-bond acceptors (Lipinski definition) is 4. The van der Waals surface area contributed by atoms with Gasteiger partial charge < -0.3 is 5.73 Å². The molecule has 1 aliphatic heterocycles. The number of aromatic amines is 1. The Balaban J connectivity index is 0.00000200. The minimum Gasteiger partial charge on any atom is -0.329 e. The third-order valence-electron chi connectivity index (χ3n) is 3.82. The number of rotatable bonds is 3. The Hall–Kier alpha value is -0.630. The zero-order valence-electron chi connectivity index (χ0n) is 12.1. The van der Waals surface area contributed by atoms with Gasteiger partial charge in [-0.1, -0.05) is 6.92 Å². The lowest BCUT2D eigenvalue weighted by atomic mass is 9.94. The van der Waals surface area contributed by atoms with Gasteiger partial charge >= 0.3 is 0 Å². The van der Waals surface area contributed by atoms with Crippen molar-refractivity contribution in [1.29, 1.82) is 0 Å². The summed E-state index contributed by atoms with van der Waals surface area (Å²) in [5.41, 5.74) is 6.86. The Kier molecular flexibility index (Phi) is 5.60. The van der Waals surface area contributed by atoms with Crippen LogP contribution in [0, 0.1) is 19.8 Å². The average molecular weight is 323 g/mol. The molecular weight excluding hydrogens is 300 g/mol. The monoisotopic (exact) mass is 322 g/mol. The predicted octanol–water partition coefficient (Wildman–Crippen LogP) is 1.20. The minimum absolute atomic E-state index is 0. The first-order chi connectivity index (χ1) is 8.87. The molecule has 1 aromatic rings. The first kappa shape index (κ1) is 17.4. The molecule has 0 saturated carbocycles. The Morgan fingerprint density at radius 1 is 1.45 bits per heavy atom. The van der Waals surface area contributed by atoms with Crippen molar-refractivity contribution in [3.63, 3.8) is 0 Å². The number of H-pyrrole nitrogens is 1. The summed E-state index contributed by atoms with van der Waals surface area (Å²) in [6, 6.07) is -0.109. The summed E-state index contributed by atoms with van der Waals surface area (Å²) < 4.78 is 27.1. The van der Waals surface area contributed by atoms with Crippen molar-refractivity contribution < 1.29 is 8.42 Å². The number of nitrogens with two attached hydrogens (primary N) is 1. The second-order valence-electron chi connectivity index (χ2n) is 5.40. The quantitative estimate of drug-likeness (QED) is 0.874. The lowest BCUT2D eigenvalue weighted by molar-refractivity contribution is 0.211. The van der Waals surface area contributed by atoms with Gasteiger partial charge in [0, 0.05) is 19.1 Å². The number of piperidine rings is 1. The Morgan fingerprint density at radius 2 is 2.10 bits per heavy atom. The highest BCUT2D eigenvalue weighted by molar-refractivity contribution is 7.89. The highest BCUT2D eigenvalue weighted by Gasteiger charge is 2.37. The maximum atomic E-state index is 12.8. The van der Waals surface area contributed by atoms with Gasteiger partial charge in [-0.15, -0.1) is 12.4 Å². The number of sulfonamides is 1. The lowest BCUT2D eigenvalue weighted by Gasteiger charge is -2.36. The largest absolute Gasteiger partial charge is 0.329 e. The molecule has 0 aromatic carbocycles. The fourth-order valence-corrected chi connectivity index (χ4v) is 4.79. The van der Waals surface area contributed by atoms with Crippen LogP contribution in [0.2, 0.25) is 0 Å². The fourth-order valence-electron chi connectivity index (χ4n) is 2.80. The lowest BCUT2D eigenvalue weighted by Crippen LogP contribution is -2.49. The Morgan fingerprint density at radius 3 is 2.60 bits per heavy atom. The van der Waals surface area contributed by atoms with Crippen molar-refractivity contribution in [2.75, 3.05) is 13.1 Å². The zero-order valence-corrected chi connectivity index (χ0v) is 13.7. The number of halogens is 1. The molecule has 2 atom stereocenters. The van der Waals surface area contributed by atoms with Crippen molar-refractivity contribution in [1.82, 2.24) is 14.5 Å². The molecule has 0 aliphatic carbocycles. The maximum absolute atomic E-state index is 12.8. The SMILES string of the molecule is Cc1n[nH]c(C)c1S(=O)(=O)N1CCC(C)CC1CN.Cl. The molecule has 1 saturated heterocycles. The first-order valence-corrected chi connectivity index (χ1v) is 8.05. The highest BCUT2D eigenvalue weighted by atomic mass is 35.5. The van der Waals surface area contributed by atoms with Crippen molar-refractivity contribution in [3.05, 3.63) is 11.4 Å². The third kappa shape index (κ3) is 3.00. The van der Waals surface area contributed by atoms with Gasteiger partial charge in [0.2, 0.25) is 10.0 Å². The van der Waals surface area contributed by atoms with Crippen LogP contribution in [-0.2, 0) is 10.0 Å². The number of aryl methyl sites for hydroxylation is 2. The van der Waals surface area contributed by atoms with E-state index in [2.05, 4.69) is 17.1 Å². The van der Waals surface area contributed by atoms with Gasteiger partial charge in [0.25, 0.3) is 0 Å². The molecule has 1 aromatic heterocycles. The molecule has 0 radical (unpaired) electrons. The van der Waals surface area contributed by atoms with E-state index in [-0.39, 0.29) is 18.4 Å². The van der Waals surface area contributed by atoms with Crippen molar-refractivity contribution in [2.24, 2.45) is 11.7 Å². The second-order valence-corrected chi connectivity index (χ2v) is 7.23. The molecule has 8 heteroatoms. The van der Waals surface area contributed by atoms with E-state index < -0.39 is 10.0 Å². The normalized spacial score (nSPS) is 24.4. The zero-order chi connectivity index (χ0) is 14.2. The fraction of sp³-hybridized carbons (Fsp3) is 0.750. The molecule has 1 aliphatic rings. The summed E-state index contributed by atoms with van der Waals surface area (Å²) in [5.74, 6) is 0.520. The molecular formula is C12H23ClN4O2S. The summed E-state index contributed by atoms with van der Waals surface area (Å²) in [6.45, 7) is 6.48. The molecule has 6 nitrogen and oxygen atoms in total. The number of nitrogens with one attached hydrogen (secondary N) is 1. The third-order valence-corrected chi connectivity index (χ3v) is 6.04. The molecule has 2 rings (SSSR count). The van der Waals surface area contributed by atoms with Crippen LogP contribution in [0.25, 0.3) is 0 Å². The molecule has 0 amide bonds. The molecule has 1 fully saturated rings. The molecule has 20 heavy (non-hydrogen) atoms. The molecule has 116 valence electrons. The van der Waals surface area contributed by atoms with Crippen molar-refractivity contribution >= 4 is 22.4 Å². The van der Waals surface area contributed by atoms with Crippen LogP contribution >= 0.6 is 12.4 Å². The van der Waals surface area contributed by atoms with Crippen LogP contribution in [-0.4, -0.2) is 42.1 Å². The second kappa shape index (κ2) is 6.43. The van der Waals surface area contributed by atoms with Crippen LogP contribution in [0.3, 0.4) is 0 Å². The van der Waals surface area contributed by atoms with E-state index in [1.54, 1.807) is 18.2 Å². The maximum Gasteiger partial charge on any atom is 0.247 e. The molecule has 0 bridgehead atoms. The average Bonchev–Trinajstić information content (AvgIpc) is 2.68. The highest BCUT2D eigenvalue weighted by Crippen LogP contribution is 2.29. The van der Waals surface area contributed by atoms with E-state index >= 15 is 0 Å². The standard InChI is InChI=1S/C12H22N4O2S.ClH/c1-8-4-5-16(11(6-8)7-13)19(17,18)12-9(2)14-15-10(12)3;/h8,11H,4-7,13H2,1-3H3,(H,14,15);1H. The van der Waals surface area contributed by atoms with Crippen molar-refractivity contribution in [3.8, 4) is 0 Å². The van der Waals surface area contributed by atoms with Crippen LogP contribution in [0.1, 0.15) is 31.2 Å². The Labute approximate surface area is 126 Å². The van der Waals surface area contributed by atoms with E-state index in [4.69, 9.17) is 5.73 Å². The van der Waals surface area contributed by atoms with Gasteiger partial charge in [-0.25, -0.2) is 8.42 Å². The summed E-state index contributed by atoms with van der Waals surface area (Å²) in [4.78, 5) is 0.306. The van der Waals surface area contributed by atoms with Gasteiger partial charge in [-0.2, -0.15) is 9.40 Å². The van der Waals surface area contributed by atoms with Gasteiger partial charge in [-0.3, -0.25) is 5.10 Å². The topological polar surface area (TPSA) is 92.1 Å². The van der Waals surface area contributed by atoms with Crippen molar-refractivity contribution in [2.45, 2.75) is 44.6 Å². The van der Waals surface area contributed by atoms with Gasteiger partial charge in [0.05, 0.1) is 11.4 Å². The number of aromatic nitrogens is 2. The van der Waals surface area contributed by atoms with Crippen LogP contribution in [0.4, 0.5) is 0 Å². The summed E-state index contributed by atoms with van der Waals surface area (Å²) in [7, 11) is -3.51. The van der Waals surface area contributed by atoms with E-state index in [0.29, 0.717) is 35.3 Å². The first-order valence-electron chi connectivity index (χ1n) is 6.61. The van der Waals surface area contributed by atoms with E-state index in [0.717, 1.165) is 12.8 Å². The van der Waals surface area contributed by atoms with Crippen LogP contribution in [0.15, 0.2) is 4.90 Å². The minimum atomic E-state index is -3.51. The number of hydrogen-bond donors (Lipinski definition) is 2. The summed E-state index contributed by atoms with van der Waals surface area (Å²) in [5, 5.41) is 6.72.